The number of pyridine rings is 1. The first-order valence-electron chi connectivity index (χ1n) is 10.4. The van der Waals surface area contributed by atoms with Crippen LogP contribution in [0.5, 0.6) is 0 Å². The van der Waals surface area contributed by atoms with Gasteiger partial charge >= 0.3 is 0 Å². The lowest BCUT2D eigenvalue weighted by molar-refractivity contribution is 0.698. The van der Waals surface area contributed by atoms with Gasteiger partial charge < -0.3 is 11.1 Å². The number of nitrogens with two attached hydrogens (primary N) is 1. The number of fused-ring (bicyclic) bond motifs is 1. The summed E-state index contributed by atoms with van der Waals surface area (Å²) in [6.07, 6.45) is 8.16. The molecule has 0 radical (unpaired) electrons. The van der Waals surface area contributed by atoms with Crippen LogP contribution < -0.4 is 11.1 Å². The van der Waals surface area contributed by atoms with Gasteiger partial charge in [0.15, 0.2) is 5.82 Å². The number of benzene rings is 1. The van der Waals surface area contributed by atoms with Gasteiger partial charge in [-0.15, -0.1) is 11.3 Å². The van der Waals surface area contributed by atoms with Crippen LogP contribution in [0.15, 0.2) is 72.6 Å². The molecule has 1 atom stereocenters. The Labute approximate surface area is 190 Å². The second kappa shape index (κ2) is 8.86. The molecule has 5 aromatic rings. The maximum atomic E-state index is 6.42. The number of hydrogen-bond acceptors (Lipinski definition) is 7. The van der Waals surface area contributed by atoms with E-state index in [1.54, 1.807) is 28.4 Å². The normalized spacial score (nSPS) is 12.2. The van der Waals surface area contributed by atoms with E-state index in [0.29, 0.717) is 12.4 Å². The van der Waals surface area contributed by atoms with E-state index in [-0.39, 0.29) is 6.04 Å². The average Bonchev–Trinajstić information content (AvgIpc) is 3.44. The van der Waals surface area contributed by atoms with Gasteiger partial charge in [0.2, 0.25) is 0 Å². The minimum absolute atomic E-state index is 0.0375. The molecule has 1 aromatic carbocycles. The van der Waals surface area contributed by atoms with Crippen molar-refractivity contribution in [3.63, 3.8) is 0 Å². The van der Waals surface area contributed by atoms with Crippen LogP contribution in [0.4, 0.5) is 5.82 Å². The molecule has 0 saturated carbocycles. The third-order valence-corrected chi connectivity index (χ3v) is 6.22. The van der Waals surface area contributed by atoms with E-state index < -0.39 is 0 Å². The van der Waals surface area contributed by atoms with E-state index in [0.717, 1.165) is 39.1 Å². The average molecular weight is 442 g/mol. The highest BCUT2D eigenvalue weighted by molar-refractivity contribution is 7.18. The molecule has 0 saturated heterocycles. The lowest BCUT2D eigenvalue weighted by Crippen LogP contribution is -2.31. The van der Waals surface area contributed by atoms with Crippen LogP contribution in [0.25, 0.3) is 32.7 Å². The Hall–Kier alpha value is -3.62. The van der Waals surface area contributed by atoms with Crippen molar-refractivity contribution in [2.24, 2.45) is 12.8 Å². The lowest BCUT2D eigenvalue weighted by atomic mass is 10.1. The molecule has 8 heteroatoms. The number of hydrogen-bond donors (Lipinski definition) is 2. The Morgan fingerprint density at radius 2 is 1.88 bits per heavy atom. The maximum Gasteiger partial charge on any atom is 0.162 e. The van der Waals surface area contributed by atoms with E-state index in [9.17, 15) is 0 Å². The zero-order valence-electron chi connectivity index (χ0n) is 17.6. The van der Waals surface area contributed by atoms with Crippen molar-refractivity contribution in [3.05, 3.63) is 78.2 Å². The molecule has 0 spiro atoms. The molecule has 4 aromatic heterocycles. The Balaban J connectivity index is 1.50. The SMILES string of the molecule is Cn1cc(-c2csc3c(NC[C@@H](N)Cc4ccccc4)nc(-c4ccncc4)nc23)cn1. The van der Waals surface area contributed by atoms with Gasteiger partial charge in [0.25, 0.3) is 0 Å². The summed E-state index contributed by atoms with van der Waals surface area (Å²) in [6.45, 7) is 0.608. The minimum Gasteiger partial charge on any atom is -0.367 e. The molecular weight excluding hydrogens is 418 g/mol. The van der Waals surface area contributed by atoms with E-state index in [4.69, 9.17) is 15.7 Å². The van der Waals surface area contributed by atoms with Crippen LogP contribution >= 0.6 is 11.3 Å². The molecule has 160 valence electrons. The van der Waals surface area contributed by atoms with Gasteiger partial charge in [0.1, 0.15) is 5.82 Å². The fraction of sp³-hybridized carbons (Fsp3) is 0.167. The molecule has 0 aliphatic rings. The van der Waals surface area contributed by atoms with Crippen molar-refractivity contribution in [1.29, 1.82) is 0 Å². The molecule has 3 N–H and O–H groups in total. The number of thiophene rings is 1. The van der Waals surface area contributed by atoms with Gasteiger partial charge in [-0.3, -0.25) is 9.67 Å². The largest absolute Gasteiger partial charge is 0.367 e. The second-order valence-corrected chi connectivity index (χ2v) is 8.57. The Morgan fingerprint density at radius 1 is 1.06 bits per heavy atom. The Bertz CT molecular complexity index is 1330. The minimum atomic E-state index is -0.0375. The van der Waals surface area contributed by atoms with Crippen molar-refractivity contribution in [1.82, 2.24) is 24.7 Å². The summed E-state index contributed by atoms with van der Waals surface area (Å²) < 4.78 is 2.81. The topological polar surface area (TPSA) is 94.5 Å². The van der Waals surface area contributed by atoms with Gasteiger partial charge in [0.05, 0.1) is 16.4 Å². The van der Waals surface area contributed by atoms with Gasteiger partial charge in [-0.25, -0.2) is 9.97 Å². The predicted molar refractivity (Wildman–Crippen MR) is 129 cm³/mol. The van der Waals surface area contributed by atoms with Gasteiger partial charge in [0, 0.05) is 60.3 Å². The Morgan fingerprint density at radius 3 is 2.62 bits per heavy atom. The van der Waals surface area contributed by atoms with E-state index >= 15 is 0 Å². The first-order valence-corrected chi connectivity index (χ1v) is 11.3. The monoisotopic (exact) mass is 441 g/mol. The fourth-order valence-corrected chi connectivity index (χ4v) is 4.63. The molecule has 0 bridgehead atoms. The summed E-state index contributed by atoms with van der Waals surface area (Å²) in [6, 6.07) is 14.1. The van der Waals surface area contributed by atoms with Crippen LogP contribution in [0, 0.1) is 0 Å². The molecule has 0 unspecified atom stereocenters. The third kappa shape index (κ3) is 4.23. The number of nitrogens with zero attached hydrogens (tertiary/aromatic N) is 5. The molecule has 7 nitrogen and oxygen atoms in total. The summed E-state index contributed by atoms with van der Waals surface area (Å²) in [5.74, 6) is 1.45. The predicted octanol–water partition coefficient (Wildman–Crippen LogP) is 4.14. The maximum absolute atomic E-state index is 6.42. The van der Waals surface area contributed by atoms with Crippen molar-refractivity contribution >= 4 is 27.4 Å². The standard InChI is InChI=1S/C24H23N7S/c1-31-14-18(12-28-31)20-15-32-22-21(20)29-23(17-7-9-26-10-8-17)30-24(22)27-13-19(25)11-16-5-3-2-4-6-16/h2-10,12,14-15,19H,11,13,25H2,1H3,(H,27,29,30)/t19-/m0/s1. The molecule has 32 heavy (non-hydrogen) atoms. The number of aryl methyl sites for hydroxylation is 1. The lowest BCUT2D eigenvalue weighted by Gasteiger charge is -2.14. The molecular formula is C24H23N7S. The van der Waals surface area contributed by atoms with E-state index in [1.165, 1.54) is 5.56 Å². The number of nitrogens with one attached hydrogen (secondary N) is 1. The van der Waals surface area contributed by atoms with Crippen LogP contribution in [-0.4, -0.2) is 37.3 Å². The molecule has 0 aliphatic heterocycles. The first kappa shape index (κ1) is 20.3. The number of rotatable bonds is 7. The highest BCUT2D eigenvalue weighted by Crippen LogP contribution is 2.37. The van der Waals surface area contributed by atoms with E-state index in [1.807, 2.05) is 49.8 Å². The van der Waals surface area contributed by atoms with Crippen molar-refractivity contribution in [2.75, 3.05) is 11.9 Å². The molecule has 4 heterocycles. The van der Waals surface area contributed by atoms with Gasteiger partial charge in [-0.2, -0.15) is 5.10 Å². The van der Waals surface area contributed by atoms with Gasteiger partial charge in [-0.1, -0.05) is 30.3 Å². The van der Waals surface area contributed by atoms with E-state index in [2.05, 4.69) is 32.9 Å². The number of aromatic nitrogens is 5. The van der Waals surface area contributed by atoms with Crippen LogP contribution in [0.3, 0.4) is 0 Å². The number of anilines is 1. The zero-order valence-corrected chi connectivity index (χ0v) is 18.5. The summed E-state index contributed by atoms with van der Waals surface area (Å²) in [4.78, 5) is 13.9. The second-order valence-electron chi connectivity index (χ2n) is 7.69. The van der Waals surface area contributed by atoms with Crippen molar-refractivity contribution in [3.8, 4) is 22.5 Å². The summed E-state index contributed by atoms with van der Waals surface area (Å²) >= 11 is 1.63. The Kier molecular flexibility index (Phi) is 5.62. The van der Waals surface area contributed by atoms with Crippen LogP contribution in [0.2, 0.25) is 0 Å². The van der Waals surface area contributed by atoms with Crippen LogP contribution in [0.1, 0.15) is 5.56 Å². The van der Waals surface area contributed by atoms with Crippen molar-refractivity contribution < 1.29 is 0 Å². The third-order valence-electron chi connectivity index (χ3n) is 5.24. The molecule has 5 rings (SSSR count). The first-order chi connectivity index (χ1) is 15.7. The molecule has 0 amide bonds. The molecule has 0 fully saturated rings. The summed E-state index contributed by atoms with van der Waals surface area (Å²) in [7, 11) is 1.91. The molecule has 0 aliphatic carbocycles. The van der Waals surface area contributed by atoms with Crippen LogP contribution in [-0.2, 0) is 13.5 Å². The summed E-state index contributed by atoms with van der Waals surface area (Å²) in [5.41, 5.74) is 11.6. The zero-order chi connectivity index (χ0) is 21.9. The van der Waals surface area contributed by atoms with Gasteiger partial charge in [-0.05, 0) is 24.1 Å². The fourth-order valence-electron chi connectivity index (χ4n) is 3.65. The smallest absolute Gasteiger partial charge is 0.162 e. The highest BCUT2D eigenvalue weighted by atomic mass is 32.1. The van der Waals surface area contributed by atoms with Crippen molar-refractivity contribution in [2.45, 2.75) is 12.5 Å². The highest BCUT2D eigenvalue weighted by Gasteiger charge is 2.17. The quantitative estimate of drug-likeness (QED) is 0.394. The summed E-state index contributed by atoms with van der Waals surface area (Å²) in [5, 5.41) is 9.92.